The Balaban J connectivity index is 2.24. The van der Waals surface area contributed by atoms with Crippen LogP contribution in [-0.2, 0) is 4.74 Å². The van der Waals surface area contributed by atoms with Crippen molar-refractivity contribution in [1.82, 2.24) is 10.2 Å². The smallest absolute Gasteiger partial charge is 0.182 e. The van der Waals surface area contributed by atoms with Crippen molar-refractivity contribution in [3.63, 3.8) is 0 Å². The molecule has 0 spiro atoms. The molecule has 0 radical (unpaired) electrons. The van der Waals surface area contributed by atoms with E-state index in [1.807, 2.05) is 13.8 Å². The zero-order valence-electron chi connectivity index (χ0n) is 12.9. The van der Waals surface area contributed by atoms with Gasteiger partial charge in [-0.1, -0.05) is 13.8 Å². The molecule has 1 fully saturated rings. The van der Waals surface area contributed by atoms with Crippen molar-refractivity contribution in [2.45, 2.75) is 46.6 Å². The highest BCUT2D eigenvalue weighted by atomic mass is 16.5. The summed E-state index contributed by atoms with van der Waals surface area (Å²) in [6.45, 7) is 12.9. The molecule has 1 aliphatic rings. The first-order chi connectivity index (χ1) is 8.99. The monoisotopic (exact) mass is 270 g/mol. The predicted octanol–water partition coefficient (Wildman–Crippen LogP) is 2.52. The highest BCUT2D eigenvalue weighted by molar-refractivity contribution is 4.99. The van der Waals surface area contributed by atoms with Crippen LogP contribution in [0.25, 0.3) is 0 Å². The van der Waals surface area contributed by atoms with E-state index in [0.29, 0.717) is 6.54 Å². The van der Waals surface area contributed by atoms with Gasteiger partial charge in [0.25, 0.3) is 0 Å². The van der Waals surface area contributed by atoms with E-state index < -0.39 is 0 Å². The van der Waals surface area contributed by atoms with Crippen LogP contribution in [0.1, 0.15) is 40.5 Å². The van der Waals surface area contributed by atoms with Crippen molar-refractivity contribution in [3.05, 3.63) is 11.5 Å². The van der Waals surface area contributed by atoms with E-state index in [4.69, 9.17) is 4.74 Å². The van der Waals surface area contributed by atoms with Crippen molar-refractivity contribution in [3.8, 4) is 0 Å². The van der Waals surface area contributed by atoms with Crippen LogP contribution in [0.3, 0.4) is 0 Å². The molecule has 0 amide bonds. The summed E-state index contributed by atoms with van der Waals surface area (Å²) in [4.78, 5) is 2.47. The maximum Gasteiger partial charge on any atom is 0.182 e. The number of allylic oxidation sites excluding steroid dienone is 1. The van der Waals surface area contributed by atoms with Gasteiger partial charge in [-0.15, -0.1) is 0 Å². The zero-order valence-corrected chi connectivity index (χ0v) is 12.9. The molecule has 2 N–H and O–H groups in total. The Morgan fingerprint density at radius 3 is 2.79 bits per heavy atom. The molecule has 0 aromatic rings. The number of nitrogens with one attached hydrogen (secondary N) is 1. The Hall–Kier alpha value is -0.740. The highest BCUT2D eigenvalue weighted by Gasteiger charge is 2.20. The molecule has 1 saturated heterocycles. The van der Waals surface area contributed by atoms with Crippen LogP contribution < -0.4 is 5.32 Å². The van der Waals surface area contributed by atoms with E-state index in [1.54, 1.807) is 0 Å². The number of nitrogens with zero attached hydrogens (tertiary/aromatic N) is 1. The fourth-order valence-electron chi connectivity index (χ4n) is 2.22. The van der Waals surface area contributed by atoms with Crippen LogP contribution in [0.5, 0.6) is 0 Å². The summed E-state index contributed by atoms with van der Waals surface area (Å²) in [5, 5.41) is 12.7. The molecule has 0 aromatic heterocycles. The molecule has 112 valence electrons. The molecule has 1 heterocycles. The summed E-state index contributed by atoms with van der Waals surface area (Å²) in [7, 11) is 0. The topological polar surface area (TPSA) is 44.7 Å². The van der Waals surface area contributed by atoms with E-state index in [-0.39, 0.29) is 12.0 Å². The average molecular weight is 270 g/mol. The molecular weight excluding hydrogens is 240 g/mol. The van der Waals surface area contributed by atoms with Crippen molar-refractivity contribution in [2.24, 2.45) is 5.92 Å². The number of hydrogen-bond donors (Lipinski definition) is 2. The maximum absolute atomic E-state index is 9.62. The number of aliphatic hydroxyl groups excluding tert-OH is 1. The fraction of sp³-hybridized carbons (Fsp3) is 0.867. The van der Waals surface area contributed by atoms with Crippen molar-refractivity contribution in [1.29, 1.82) is 0 Å². The molecule has 0 bridgehead atoms. The van der Waals surface area contributed by atoms with Gasteiger partial charge in [-0.05, 0) is 44.7 Å². The summed E-state index contributed by atoms with van der Waals surface area (Å²) in [6.07, 6.45) is 2.73. The molecular formula is C15H30N2O2. The molecule has 4 heteroatoms. The van der Waals surface area contributed by atoms with Gasteiger partial charge in [0.1, 0.15) is 0 Å². The maximum atomic E-state index is 9.62. The zero-order chi connectivity index (χ0) is 14.3. The van der Waals surface area contributed by atoms with E-state index in [9.17, 15) is 5.11 Å². The largest absolute Gasteiger partial charge is 0.495 e. The van der Waals surface area contributed by atoms with Crippen LogP contribution >= 0.6 is 0 Å². The van der Waals surface area contributed by atoms with Gasteiger partial charge >= 0.3 is 0 Å². The van der Waals surface area contributed by atoms with Crippen LogP contribution in [0.2, 0.25) is 0 Å². The first-order valence-corrected chi connectivity index (χ1v) is 7.43. The van der Waals surface area contributed by atoms with Gasteiger partial charge in [-0.25, -0.2) is 0 Å². The second-order valence-corrected chi connectivity index (χ2v) is 6.06. The van der Waals surface area contributed by atoms with Crippen molar-refractivity contribution >= 4 is 0 Å². The lowest BCUT2D eigenvalue weighted by Crippen LogP contribution is -2.46. The van der Waals surface area contributed by atoms with Crippen LogP contribution in [0.15, 0.2) is 11.5 Å². The van der Waals surface area contributed by atoms with Gasteiger partial charge in [0.2, 0.25) is 0 Å². The molecule has 0 saturated carbocycles. The number of ether oxygens (including phenoxy) is 1. The average Bonchev–Trinajstić information content (AvgIpc) is 2.36. The Morgan fingerprint density at radius 1 is 1.42 bits per heavy atom. The minimum Gasteiger partial charge on any atom is -0.495 e. The third-order valence-corrected chi connectivity index (χ3v) is 3.45. The number of hydrogen-bond acceptors (Lipinski definition) is 4. The summed E-state index contributed by atoms with van der Waals surface area (Å²) in [5.41, 5.74) is 0.907. The number of aliphatic hydroxyl groups is 1. The summed E-state index contributed by atoms with van der Waals surface area (Å²) in [5.74, 6) is 1.06. The van der Waals surface area contributed by atoms with Gasteiger partial charge < -0.3 is 15.2 Å². The van der Waals surface area contributed by atoms with Gasteiger partial charge in [-0.3, -0.25) is 4.90 Å². The number of morpholine rings is 1. The highest BCUT2D eigenvalue weighted by Crippen LogP contribution is 2.09. The second-order valence-electron chi connectivity index (χ2n) is 6.06. The third-order valence-electron chi connectivity index (χ3n) is 3.45. The van der Waals surface area contributed by atoms with E-state index in [2.05, 4.69) is 24.1 Å². The van der Waals surface area contributed by atoms with Crippen LogP contribution in [0, 0.1) is 5.92 Å². The minimum atomic E-state index is 0.175. The predicted molar refractivity (Wildman–Crippen MR) is 79.3 cm³/mol. The molecule has 19 heavy (non-hydrogen) atoms. The van der Waals surface area contributed by atoms with Crippen LogP contribution in [-0.4, -0.2) is 48.9 Å². The first kappa shape index (κ1) is 16.3. The Morgan fingerprint density at radius 2 is 2.16 bits per heavy atom. The Bertz CT molecular complexity index is 286. The molecule has 4 nitrogen and oxygen atoms in total. The molecule has 1 rings (SSSR count). The van der Waals surface area contributed by atoms with Crippen molar-refractivity contribution in [2.75, 3.05) is 32.8 Å². The molecule has 0 unspecified atom stereocenters. The van der Waals surface area contributed by atoms with Gasteiger partial charge in [0.05, 0.1) is 12.7 Å². The van der Waals surface area contributed by atoms with Gasteiger partial charge in [0, 0.05) is 19.6 Å². The standard InChI is InChI=1S/C15H30N2O2/c1-12(2)6-5-7-17-8-9-19-14(11-17)10-16-15(18)13(3)4/h12,14,16,18H,5-11H2,1-4H3/t14-/m1/s1. The Labute approximate surface area is 117 Å². The van der Waals surface area contributed by atoms with Crippen LogP contribution in [0.4, 0.5) is 0 Å². The first-order valence-electron chi connectivity index (χ1n) is 7.43. The third kappa shape index (κ3) is 6.83. The SMILES string of the molecule is CC(C)=C(O)NC[C@@H]1CN(CCCC(C)C)CCO1. The van der Waals surface area contributed by atoms with Gasteiger partial charge in [-0.2, -0.15) is 0 Å². The molecule has 0 aromatic carbocycles. The van der Waals surface area contributed by atoms with Gasteiger partial charge in [0.15, 0.2) is 5.88 Å². The molecule has 1 atom stereocenters. The number of rotatable bonds is 7. The lowest BCUT2D eigenvalue weighted by Gasteiger charge is -2.33. The van der Waals surface area contributed by atoms with E-state index >= 15 is 0 Å². The Kier molecular flexibility index (Phi) is 7.24. The van der Waals surface area contributed by atoms with E-state index in [0.717, 1.165) is 37.7 Å². The lowest BCUT2D eigenvalue weighted by atomic mass is 10.1. The summed E-state index contributed by atoms with van der Waals surface area (Å²) >= 11 is 0. The minimum absolute atomic E-state index is 0.175. The van der Waals surface area contributed by atoms with Crippen molar-refractivity contribution < 1.29 is 9.84 Å². The van der Waals surface area contributed by atoms with E-state index in [1.165, 1.54) is 12.8 Å². The lowest BCUT2D eigenvalue weighted by molar-refractivity contribution is -0.0277. The summed E-state index contributed by atoms with van der Waals surface area (Å²) in [6, 6.07) is 0. The normalized spacial score (nSPS) is 20.6. The quantitative estimate of drug-likeness (QED) is 0.698. The fourth-order valence-corrected chi connectivity index (χ4v) is 2.22. The molecule has 0 aliphatic carbocycles. The second kappa shape index (κ2) is 8.43. The molecule has 1 aliphatic heterocycles. The summed E-state index contributed by atoms with van der Waals surface area (Å²) < 4.78 is 5.73.